The second kappa shape index (κ2) is 10.5. The zero-order chi connectivity index (χ0) is 31.6. The van der Waals surface area contributed by atoms with Gasteiger partial charge in [-0.25, -0.2) is 4.98 Å². The standard InChI is InChI=1S/C43H26N2O3/c1-3-10-27(11-4-1)28-18-20-30(21-19-28)45(31-22-23-33-32-14-7-8-17-38(32)46-39(33)24-31)37-16-9-15-34-35-25-36-41(26-40(35)47-42(34)37)48-43(44-36)29-12-5-2-6-13-29/h1-26H. The van der Waals surface area contributed by atoms with Crippen molar-refractivity contribution in [3.05, 3.63) is 158 Å². The quantitative estimate of drug-likeness (QED) is 0.192. The molecule has 5 nitrogen and oxygen atoms in total. The zero-order valence-corrected chi connectivity index (χ0v) is 25.6. The molecule has 10 aromatic rings. The Kier molecular flexibility index (Phi) is 5.81. The molecule has 226 valence electrons. The maximum absolute atomic E-state index is 6.71. The van der Waals surface area contributed by atoms with E-state index in [1.165, 1.54) is 5.56 Å². The number of oxazole rings is 1. The van der Waals surface area contributed by atoms with Crippen LogP contribution in [0.1, 0.15) is 0 Å². The number of para-hydroxylation sites is 2. The van der Waals surface area contributed by atoms with Gasteiger partial charge in [0.2, 0.25) is 5.89 Å². The van der Waals surface area contributed by atoms with Crippen LogP contribution in [0.2, 0.25) is 0 Å². The van der Waals surface area contributed by atoms with E-state index in [9.17, 15) is 0 Å². The maximum Gasteiger partial charge on any atom is 0.227 e. The number of rotatable bonds is 5. The Morgan fingerprint density at radius 1 is 0.396 bits per heavy atom. The van der Waals surface area contributed by atoms with E-state index in [-0.39, 0.29) is 0 Å². The Morgan fingerprint density at radius 3 is 1.90 bits per heavy atom. The molecule has 0 bridgehead atoms. The average molecular weight is 619 g/mol. The molecule has 5 heteroatoms. The van der Waals surface area contributed by atoms with Crippen molar-refractivity contribution in [3.63, 3.8) is 0 Å². The van der Waals surface area contributed by atoms with Crippen molar-refractivity contribution in [3.8, 4) is 22.6 Å². The zero-order valence-electron chi connectivity index (χ0n) is 25.6. The first-order chi connectivity index (χ1) is 23.8. The van der Waals surface area contributed by atoms with Crippen LogP contribution in [0, 0.1) is 0 Å². The van der Waals surface area contributed by atoms with Gasteiger partial charge in [-0.15, -0.1) is 0 Å². The van der Waals surface area contributed by atoms with Gasteiger partial charge in [0.15, 0.2) is 11.2 Å². The summed E-state index contributed by atoms with van der Waals surface area (Å²) in [5.41, 5.74) is 10.8. The number of nitrogens with zero attached hydrogens (tertiary/aromatic N) is 2. The van der Waals surface area contributed by atoms with Gasteiger partial charge in [0, 0.05) is 44.9 Å². The molecule has 48 heavy (non-hydrogen) atoms. The van der Waals surface area contributed by atoms with E-state index in [2.05, 4.69) is 102 Å². The lowest BCUT2D eigenvalue weighted by Gasteiger charge is -2.25. The second-order valence-corrected chi connectivity index (χ2v) is 12.0. The first-order valence-corrected chi connectivity index (χ1v) is 15.9. The van der Waals surface area contributed by atoms with Crippen LogP contribution < -0.4 is 4.90 Å². The maximum atomic E-state index is 6.71. The molecule has 0 unspecified atom stereocenters. The summed E-state index contributed by atoms with van der Waals surface area (Å²) in [6, 6.07) is 53.9. The number of anilines is 3. The topological polar surface area (TPSA) is 55.6 Å². The third-order valence-corrected chi connectivity index (χ3v) is 9.10. The average Bonchev–Trinajstić information content (AvgIpc) is 3.85. The Morgan fingerprint density at radius 2 is 1.06 bits per heavy atom. The van der Waals surface area contributed by atoms with E-state index in [0.29, 0.717) is 11.5 Å². The summed E-state index contributed by atoms with van der Waals surface area (Å²) in [4.78, 5) is 7.06. The van der Waals surface area contributed by atoms with Crippen molar-refractivity contribution in [2.45, 2.75) is 0 Å². The van der Waals surface area contributed by atoms with Crippen molar-refractivity contribution in [1.29, 1.82) is 0 Å². The van der Waals surface area contributed by atoms with E-state index in [1.807, 2.05) is 60.7 Å². The van der Waals surface area contributed by atoms with E-state index in [1.54, 1.807) is 0 Å². The monoisotopic (exact) mass is 618 g/mol. The fraction of sp³-hybridized carbons (Fsp3) is 0. The molecule has 0 saturated heterocycles. The minimum absolute atomic E-state index is 0.592. The van der Waals surface area contributed by atoms with Crippen LogP contribution in [-0.2, 0) is 0 Å². The fourth-order valence-corrected chi connectivity index (χ4v) is 6.80. The fourth-order valence-electron chi connectivity index (χ4n) is 6.80. The summed E-state index contributed by atoms with van der Waals surface area (Å²) in [6.07, 6.45) is 0. The van der Waals surface area contributed by atoms with Crippen LogP contribution in [0.25, 0.3) is 77.6 Å². The molecule has 0 saturated carbocycles. The van der Waals surface area contributed by atoms with Crippen LogP contribution in [0.5, 0.6) is 0 Å². The van der Waals surface area contributed by atoms with Gasteiger partial charge in [0.25, 0.3) is 0 Å². The van der Waals surface area contributed by atoms with Crippen molar-refractivity contribution in [2.75, 3.05) is 4.90 Å². The molecule has 0 radical (unpaired) electrons. The van der Waals surface area contributed by atoms with Crippen LogP contribution >= 0.6 is 0 Å². The van der Waals surface area contributed by atoms with Gasteiger partial charge in [0.05, 0.1) is 11.4 Å². The van der Waals surface area contributed by atoms with Gasteiger partial charge < -0.3 is 18.2 Å². The molecule has 3 aromatic heterocycles. The van der Waals surface area contributed by atoms with E-state index < -0.39 is 0 Å². The highest BCUT2D eigenvalue weighted by molar-refractivity contribution is 6.13. The molecule has 0 amide bonds. The molecular weight excluding hydrogens is 592 g/mol. The highest BCUT2D eigenvalue weighted by Gasteiger charge is 2.22. The van der Waals surface area contributed by atoms with Crippen LogP contribution in [0.3, 0.4) is 0 Å². The number of aromatic nitrogens is 1. The molecule has 0 aliphatic rings. The van der Waals surface area contributed by atoms with Gasteiger partial charge in [-0.2, -0.15) is 0 Å². The first kappa shape index (κ1) is 26.6. The summed E-state index contributed by atoms with van der Waals surface area (Å²) >= 11 is 0. The Balaban J connectivity index is 1.16. The molecule has 7 aromatic carbocycles. The normalized spacial score (nSPS) is 11.8. The second-order valence-electron chi connectivity index (χ2n) is 12.0. The number of furan rings is 2. The van der Waals surface area contributed by atoms with Crippen LogP contribution in [0.4, 0.5) is 17.1 Å². The summed E-state index contributed by atoms with van der Waals surface area (Å²) < 4.78 is 19.2. The third-order valence-electron chi connectivity index (χ3n) is 9.10. The van der Waals surface area contributed by atoms with Gasteiger partial charge in [-0.1, -0.05) is 91.0 Å². The number of fused-ring (bicyclic) bond motifs is 7. The molecule has 0 spiro atoms. The smallest absolute Gasteiger partial charge is 0.227 e. The van der Waals surface area contributed by atoms with Crippen molar-refractivity contribution >= 4 is 72.0 Å². The molecule has 3 heterocycles. The van der Waals surface area contributed by atoms with Crippen molar-refractivity contribution in [1.82, 2.24) is 4.98 Å². The number of hydrogen-bond donors (Lipinski definition) is 0. The molecule has 0 N–H and O–H groups in total. The minimum Gasteiger partial charge on any atom is -0.456 e. The van der Waals surface area contributed by atoms with Crippen molar-refractivity contribution in [2.24, 2.45) is 0 Å². The minimum atomic E-state index is 0.592. The third kappa shape index (κ3) is 4.22. The Labute approximate surface area is 274 Å². The molecule has 0 atom stereocenters. The first-order valence-electron chi connectivity index (χ1n) is 15.9. The SMILES string of the molecule is c1ccc(-c2ccc(N(c3ccc4c(c3)oc3ccccc34)c3cccc4c3oc3cc5oc(-c6ccccc6)nc5cc34)cc2)cc1. The van der Waals surface area contributed by atoms with Crippen molar-refractivity contribution < 1.29 is 13.3 Å². The lowest BCUT2D eigenvalue weighted by molar-refractivity contribution is 0.617. The van der Waals surface area contributed by atoms with Crippen LogP contribution in [-0.4, -0.2) is 4.98 Å². The van der Waals surface area contributed by atoms with Crippen LogP contribution in [0.15, 0.2) is 171 Å². The molecule has 10 rings (SSSR count). The largest absolute Gasteiger partial charge is 0.456 e. The van der Waals surface area contributed by atoms with Gasteiger partial charge >= 0.3 is 0 Å². The van der Waals surface area contributed by atoms with E-state index in [0.717, 1.165) is 77.6 Å². The predicted molar refractivity (Wildman–Crippen MR) is 194 cm³/mol. The van der Waals surface area contributed by atoms with Gasteiger partial charge in [-0.3, -0.25) is 0 Å². The van der Waals surface area contributed by atoms with E-state index >= 15 is 0 Å². The highest BCUT2D eigenvalue weighted by Crippen LogP contribution is 2.44. The molecule has 0 fully saturated rings. The predicted octanol–water partition coefficient (Wildman–Crippen LogP) is 12.4. The molecule has 0 aliphatic carbocycles. The number of hydrogen-bond acceptors (Lipinski definition) is 5. The lowest BCUT2D eigenvalue weighted by atomic mass is 10.0. The Bertz CT molecular complexity index is 2770. The highest BCUT2D eigenvalue weighted by atomic mass is 16.4. The molecular formula is C43H26N2O3. The summed E-state index contributed by atoms with van der Waals surface area (Å²) in [6.45, 7) is 0. The summed E-state index contributed by atoms with van der Waals surface area (Å²) in [5.74, 6) is 0.592. The Hall–Kier alpha value is -6.59. The van der Waals surface area contributed by atoms with Gasteiger partial charge in [-0.05, 0) is 65.7 Å². The lowest BCUT2D eigenvalue weighted by Crippen LogP contribution is -2.10. The number of benzene rings is 7. The summed E-state index contributed by atoms with van der Waals surface area (Å²) in [7, 11) is 0. The molecule has 0 aliphatic heterocycles. The van der Waals surface area contributed by atoms with Gasteiger partial charge in [0.1, 0.15) is 22.3 Å². The summed E-state index contributed by atoms with van der Waals surface area (Å²) in [5, 5.41) is 4.18. The van der Waals surface area contributed by atoms with E-state index in [4.69, 9.17) is 18.2 Å².